The van der Waals surface area contributed by atoms with E-state index in [9.17, 15) is 9.59 Å². The van der Waals surface area contributed by atoms with E-state index in [-0.39, 0.29) is 18.4 Å². The van der Waals surface area contributed by atoms with Crippen molar-refractivity contribution in [3.8, 4) is 0 Å². The number of nitrogens with one attached hydrogen (secondary N) is 1. The van der Waals surface area contributed by atoms with Crippen molar-refractivity contribution in [2.45, 2.75) is 32.2 Å². The van der Waals surface area contributed by atoms with E-state index in [1.807, 2.05) is 21.0 Å². The van der Waals surface area contributed by atoms with Gasteiger partial charge >= 0.3 is 0 Å². The molecule has 1 aliphatic rings. The summed E-state index contributed by atoms with van der Waals surface area (Å²) in [5, 5.41) is 2.78. The minimum atomic E-state index is -0.715. The molecular formula is C12H23N3O2. The van der Waals surface area contributed by atoms with Crippen molar-refractivity contribution < 1.29 is 9.59 Å². The number of nitrogens with zero attached hydrogens (tertiary/aromatic N) is 2. The van der Waals surface area contributed by atoms with Crippen molar-refractivity contribution in [1.29, 1.82) is 0 Å². The molecule has 1 atom stereocenters. The lowest BCUT2D eigenvalue weighted by Gasteiger charge is -2.39. The molecule has 1 rings (SSSR count). The van der Waals surface area contributed by atoms with Gasteiger partial charge in [0.25, 0.3) is 0 Å². The number of rotatable bonds is 5. The van der Waals surface area contributed by atoms with E-state index in [1.165, 1.54) is 0 Å². The maximum Gasteiger partial charge on any atom is 0.248 e. The number of amides is 2. The predicted molar refractivity (Wildman–Crippen MR) is 66.6 cm³/mol. The zero-order valence-electron chi connectivity index (χ0n) is 11.2. The fourth-order valence-electron chi connectivity index (χ4n) is 1.99. The van der Waals surface area contributed by atoms with E-state index in [0.717, 1.165) is 13.0 Å². The Kier molecular flexibility index (Phi) is 4.51. The Bertz CT molecular complexity index is 304. The fraction of sp³-hybridized carbons (Fsp3) is 0.833. The highest BCUT2D eigenvalue weighted by atomic mass is 16.2. The average Bonchev–Trinajstić information content (AvgIpc) is 2.24. The van der Waals surface area contributed by atoms with Crippen molar-refractivity contribution in [2.24, 2.45) is 0 Å². The molecule has 1 fully saturated rings. The topological polar surface area (TPSA) is 52.7 Å². The first-order valence-corrected chi connectivity index (χ1v) is 6.14. The number of piperazine rings is 1. The quantitative estimate of drug-likeness (QED) is 0.741. The molecule has 0 aromatic carbocycles. The van der Waals surface area contributed by atoms with Gasteiger partial charge in [0, 0.05) is 6.54 Å². The van der Waals surface area contributed by atoms with E-state index < -0.39 is 5.54 Å². The van der Waals surface area contributed by atoms with Gasteiger partial charge in [-0.05, 0) is 40.4 Å². The number of hydrogen-bond donors (Lipinski definition) is 1. The fourth-order valence-corrected chi connectivity index (χ4v) is 1.99. The number of hydrogen-bond acceptors (Lipinski definition) is 3. The summed E-state index contributed by atoms with van der Waals surface area (Å²) in [6.07, 6.45) is 1.52. The number of carbonyl (C=O) groups is 2. The molecule has 5 nitrogen and oxygen atoms in total. The Morgan fingerprint density at radius 2 is 2.06 bits per heavy atom. The monoisotopic (exact) mass is 241 g/mol. The van der Waals surface area contributed by atoms with Crippen molar-refractivity contribution >= 4 is 11.8 Å². The Morgan fingerprint density at radius 1 is 1.41 bits per heavy atom. The largest absolute Gasteiger partial charge is 0.340 e. The third-order valence-electron chi connectivity index (χ3n) is 3.25. The molecule has 0 spiro atoms. The van der Waals surface area contributed by atoms with Crippen molar-refractivity contribution in [2.75, 3.05) is 33.7 Å². The molecule has 0 saturated carbocycles. The second-order valence-electron chi connectivity index (χ2n) is 5.12. The summed E-state index contributed by atoms with van der Waals surface area (Å²) >= 11 is 0. The Labute approximate surface area is 103 Å². The molecule has 0 aliphatic carbocycles. The molecule has 1 aliphatic heterocycles. The molecule has 0 aromatic heterocycles. The number of carbonyl (C=O) groups excluding carboxylic acids is 2. The van der Waals surface area contributed by atoms with E-state index in [4.69, 9.17) is 0 Å². The standard InChI is InChI=1S/C12H23N3O2/c1-5-12(2)11(17)15(9-10(16)13-12)8-6-7-14(3)4/h5-9H2,1-4H3,(H,13,16). The summed E-state index contributed by atoms with van der Waals surface area (Å²) in [4.78, 5) is 27.5. The van der Waals surface area contributed by atoms with Gasteiger partial charge in [0.1, 0.15) is 5.54 Å². The maximum atomic E-state index is 12.2. The van der Waals surface area contributed by atoms with Crippen LogP contribution in [0.15, 0.2) is 0 Å². The highest BCUT2D eigenvalue weighted by molar-refractivity contribution is 5.97. The highest BCUT2D eigenvalue weighted by Gasteiger charge is 2.41. The first-order chi connectivity index (χ1) is 7.89. The maximum absolute atomic E-state index is 12.2. The second kappa shape index (κ2) is 5.49. The third kappa shape index (κ3) is 3.43. The van der Waals surface area contributed by atoms with Gasteiger partial charge in [-0.1, -0.05) is 6.92 Å². The summed E-state index contributed by atoms with van der Waals surface area (Å²) < 4.78 is 0. The Balaban J connectivity index is 2.59. The molecule has 2 amide bonds. The molecule has 1 saturated heterocycles. The van der Waals surface area contributed by atoms with Crippen LogP contribution in [0.1, 0.15) is 26.7 Å². The summed E-state index contributed by atoms with van der Waals surface area (Å²) in [7, 11) is 4.00. The Morgan fingerprint density at radius 3 is 2.59 bits per heavy atom. The van der Waals surface area contributed by atoms with Crippen LogP contribution < -0.4 is 5.32 Å². The molecule has 1 heterocycles. The molecule has 0 bridgehead atoms. The molecular weight excluding hydrogens is 218 g/mol. The zero-order valence-corrected chi connectivity index (χ0v) is 11.2. The first kappa shape index (κ1) is 14.0. The van der Waals surface area contributed by atoms with Gasteiger partial charge in [-0.25, -0.2) is 0 Å². The van der Waals surface area contributed by atoms with Gasteiger partial charge in [0.2, 0.25) is 11.8 Å². The van der Waals surface area contributed by atoms with Gasteiger partial charge in [-0.15, -0.1) is 0 Å². The summed E-state index contributed by atoms with van der Waals surface area (Å²) in [6.45, 7) is 5.49. The van der Waals surface area contributed by atoms with Gasteiger partial charge < -0.3 is 15.1 Å². The van der Waals surface area contributed by atoms with Gasteiger partial charge in [-0.3, -0.25) is 9.59 Å². The van der Waals surface area contributed by atoms with Crippen LogP contribution in [0.2, 0.25) is 0 Å². The lowest BCUT2D eigenvalue weighted by molar-refractivity contribution is -0.149. The van der Waals surface area contributed by atoms with Gasteiger partial charge in [0.05, 0.1) is 6.54 Å². The van der Waals surface area contributed by atoms with Crippen LogP contribution in [-0.4, -0.2) is 60.9 Å². The van der Waals surface area contributed by atoms with Gasteiger partial charge in [-0.2, -0.15) is 0 Å². The van der Waals surface area contributed by atoms with Crippen molar-refractivity contribution in [1.82, 2.24) is 15.1 Å². The Hall–Kier alpha value is -1.10. The molecule has 5 heteroatoms. The summed E-state index contributed by atoms with van der Waals surface area (Å²) in [6, 6.07) is 0. The second-order valence-corrected chi connectivity index (χ2v) is 5.12. The van der Waals surface area contributed by atoms with Gasteiger partial charge in [0.15, 0.2) is 0 Å². The molecule has 0 aromatic rings. The van der Waals surface area contributed by atoms with Crippen molar-refractivity contribution in [3.63, 3.8) is 0 Å². The van der Waals surface area contributed by atoms with E-state index in [1.54, 1.807) is 11.8 Å². The normalized spacial score (nSPS) is 25.4. The van der Waals surface area contributed by atoms with Crippen LogP contribution in [0.4, 0.5) is 0 Å². The van der Waals surface area contributed by atoms with E-state index in [0.29, 0.717) is 13.0 Å². The lowest BCUT2D eigenvalue weighted by atomic mass is 9.94. The van der Waals surface area contributed by atoms with Crippen LogP contribution in [0.3, 0.4) is 0 Å². The van der Waals surface area contributed by atoms with Crippen molar-refractivity contribution in [3.05, 3.63) is 0 Å². The predicted octanol–water partition coefficient (Wildman–Crippen LogP) is 0.0652. The van der Waals surface area contributed by atoms with Crippen LogP contribution in [0.5, 0.6) is 0 Å². The molecule has 1 N–H and O–H groups in total. The third-order valence-corrected chi connectivity index (χ3v) is 3.25. The average molecular weight is 241 g/mol. The molecule has 98 valence electrons. The molecule has 17 heavy (non-hydrogen) atoms. The lowest BCUT2D eigenvalue weighted by Crippen LogP contribution is -2.65. The SMILES string of the molecule is CCC1(C)NC(=O)CN(CCCN(C)C)C1=O. The minimum Gasteiger partial charge on any atom is -0.340 e. The summed E-state index contributed by atoms with van der Waals surface area (Å²) in [5.74, 6) is -0.0165. The van der Waals surface area contributed by atoms with Crippen LogP contribution in [0.25, 0.3) is 0 Å². The summed E-state index contributed by atoms with van der Waals surface area (Å²) in [5.41, 5.74) is -0.715. The van der Waals surface area contributed by atoms with Crippen LogP contribution in [-0.2, 0) is 9.59 Å². The van der Waals surface area contributed by atoms with Crippen LogP contribution >= 0.6 is 0 Å². The first-order valence-electron chi connectivity index (χ1n) is 6.14. The molecule has 0 radical (unpaired) electrons. The minimum absolute atomic E-state index is 0.0401. The smallest absolute Gasteiger partial charge is 0.248 e. The zero-order chi connectivity index (χ0) is 13.1. The van der Waals surface area contributed by atoms with E-state index >= 15 is 0 Å². The van der Waals surface area contributed by atoms with Crippen LogP contribution in [0, 0.1) is 0 Å². The highest BCUT2D eigenvalue weighted by Crippen LogP contribution is 2.17. The molecule has 1 unspecified atom stereocenters. The van der Waals surface area contributed by atoms with E-state index in [2.05, 4.69) is 10.2 Å².